The van der Waals surface area contributed by atoms with Crippen molar-refractivity contribution in [3.63, 3.8) is 0 Å². The summed E-state index contributed by atoms with van der Waals surface area (Å²) in [5.74, 6) is 0. The normalized spacial score (nSPS) is 9.88. The van der Waals surface area contributed by atoms with E-state index in [-0.39, 0.29) is 10.8 Å². The maximum Gasteiger partial charge on any atom is 0.514 e. The van der Waals surface area contributed by atoms with Crippen molar-refractivity contribution in [1.29, 1.82) is 0 Å². The predicted octanol–water partition coefficient (Wildman–Crippen LogP) is 2.75. The zero-order chi connectivity index (χ0) is 12.1. The lowest BCUT2D eigenvalue weighted by atomic mass is 10.2. The van der Waals surface area contributed by atoms with Crippen LogP contribution in [-0.4, -0.2) is 18.2 Å². The van der Waals surface area contributed by atoms with Crippen LogP contribution in [0.15, 0.2) is 6.07 Å². The number of ether oxygens (including phenoxy) is 2. The summed E-state index contributed by atoms with van der Waals surface area (Å²) in [6.45, 7) is 1.92. The molecule has 16 heavy (non-hydrogen) atoms. The van der Waals surface area contributed by atoms with Gasteiger partial charge in [0.15, 0.2) is 5.06 Å². The second-order valence-corrected chi connectivity index (χ2v) is 4.04. The molecule has 0 saturated heterocycles. The van der Waals surface area contributed by atoms with Crippen LogP contribution < -0.4 is 4.74 Å². The van der Waals surface area contributed by atoms with Gasteiger partial charge in [0, 0.05) is 0 Å². The fourth-order valence-electron chi connectivity index (χ4n) is 1.13. The van der Waals surface area contributed by atoms with Crippen molar-refractivity contribution >= 4 is 23.2 Å². The molecule has 0 bridgehead atoms. The first kappa shape index (κ1) is 12.4. The fraction of sp³-hybridized carbons (Fsp3) is 0.444. The highest BCUT2D eigenvalue weighted by Gasteiger charge is 2.20. The van der Waals surface area contributed by atoms with Crippen LogP contribution in [0.25, 0.3) is 0 Å². The second-order valence-electron chi connectivity index (χ2n) is 2.94. The molecule has 0 atom stereocenters. The van der Waals surface area contributed by atoms with Crippen LogP contribution in [0.1, 0.15) is 18.2 Å². The topological polar surface area (TPSA) is 78.7 Å². The van der Waals surface area contributed by atoms with Crippen LogP contribution in [0.3, 0.4) is 0 Å². The average molecular weight is 245 g/mol. The van der Waals surface area contributed by atoms with Crippen molar-refractivity contribution in [2.75, 3.05) is 7.11 Å². The third kappa shape index (κ3) is 2.93. The molecule has 0 saturated carbocycles. The summed E-state index contributed by atoms with van der Waals surface area (Å²) in [6, 6.07) is 1.24. The predicted molar refractivity (Wildman–Crippen MR) is 58.0 cm³/mol. The molecule has 0 aliphatic carbocycles. The van der Waals surface area contributed by atoms with E-state index in [1.54, 1.807) is 0 Å². The summed E-state index contributed by atoms with van der Waals surface area (Å²) < 4.78 is 9.03. The van der Waals surface area contributed by atoms with Gasteiger partial charge in [-0.15, -0.1) is 0 Å². The Morgan fingerprint density at radius 2 is 2.31 bits per heavy atom. The highest BCUT2D eigenvalue weighted by molar-refractivity contribution is 7.14. The van der Waals surface area contributed by atoms with E-state index in [2.05, 4.69) is 4.74 Å². The molecule has 7 heteroatoms. The molecular formula is C9H11NO5S. The van der Waals surface area contributed by atoms with E-state index in [4.69, 9.17) is 4.74 Å². The quantitative estimate of drug-likeness (QED) is 0.463. The highest BCUT2D eigenvalue weighted by atomic mass is 32.1. The third-order valence-corrected chi connectivity index (χ3v) is 2.85. The number of methoxy groups -OCH3 is 1. The lowest BCUT2D eigenvalue weighted by molar-refractivity contribution is -0.385. The number of carbonyl (C=O) groups is 1. The summed E-state index contributed by atoms with van der Waals surface area (Å²) in [5, 5.41) is 10.9. The lowest BCUT2D eigenvalue weighted by Crippen LogP contribution is -2.05. The van der Waals surface area contributed by atoms with Crippen molar-refractivity contribution < 1.29 is 19.2 Å². The third-order valence-electron chi connectivity index (χ3n) is 1.79. The van der Waals surface area contributed by atoms with Crippen LogP contribution in [0.2, 0.25) is 0 Å². The van der Waals surface area contributed by atoms with Gasteiger partial charge >= 0.3 is 6.16 Å². The number of nitro groups is 1. The number of hydrogen-bond donors (Lipinski definition) is 0. The number of nitrogens with zero attached hydrogens (tertiary/aromatic N) is 1. The number of hydrogen-bond acceptors (Lipinski definition) is 6. The zero-order valence-electron chi connectivity index (χ0n) is 8.89. The molecule has 1 rings (SSSR count). The standard InChI is InChI=1S/C9H11NO5S/c1-3-4-7-6(10(12)13)5-8(16-7)15-9(11)14-2/h5H,3-4H2,1-2H3. The molecule has 0 spiro atoms. The Hall–Kier alpha value is -1.63. The van der Waals surface area contributed by atoms with Gasteiger partial charge in [0.25, 0.3) is 5.69 Å². The van der Waals surface area contributed by atoms with Crippen LogP contribution in [0.4, 0.5) is 10.5 Å². The number of aryl methyl sites for hydroxylation is 1. The molecule has 6 nitrogen and oxygen atoms in total. The number of carbonyl (C=O) groups excluding carboxylic acids is 1. The number of thiophene rings is 1. The Balaban J connectivity index is 2.92. The molecule has 0 aromatic carbocycles. The van der Waals surface area contributed by atoms with E-state index >= 15 is 0 Å². The molecule has 88 valence electrons. The van der Waals surface area contributed by atoms with Crippen molar-refractivity contribution in [3.8, 4) is 5.06 Å². The molecule has 0 radical (unpaired) electrons. The van der Waals surface area contributed by atoms with Crippen molar-refractivity contribution in [2.45, 2.75) is 19.8 Å². The summed E-state index contributed by atoms with van der Waals surface area (Å²) in [6.07, 6.45) is 0.504. The Morgan fingerprint density at radius 3 is 2.81 bits per heavy atom. The van der Waals surface area contributed by atoms with Crippen LogP contribution >= 0.6 is 11.3 Å². The van der Waals surface area contributed by atoms with Crippen molar-refractivity contribution in [3.05, 3.63) is 21.1 Å². The molecule has 0 amide bonds. The van der Waals surface area contributed by atoms with Crippen LogP contribution in [0, 0.1) is 10.1 Å². The van der Waals surface area contributed by atoms with Crippen LogP contribution in [0.5, 0.6) is 5.06 Å². The largest absolute Gasteiger partial charge is 0.514 e. The minimum absolute atomic E-state index is 0.00856. The van der Waals surface area contributed by atoms with Crippen LogP contribution in [-0.2, 0) is 11.2 Å². The maximum absolute atomic E-state index is 10.8. The maximum atomic E-state index is 10.8. The molecule has 1 aromatic heterocycles. The minimum atomic E-state index is -0.876. The van der Waals surface area contributed by atoms with E-state index in [0.717, 1.165) is 17.8 Å². The second kappa shape index (κ2) is 5.45. The Bertz CT molecular complexity index is 401. The Labute approximate surface area is 95.9 Å². The van der Waals surface area contributed by atoms with Gasteiger partial charge in [-0.1, -0.05) is 24.7 Å². The summed E-state index contributed by atoms with van der Waals surface area (Å²) >= 11 is 1.09. The van der Waals surface area contributed by atoms with Gasteiger partial charge in [-0.2, -0.15) is 0 Å². The van der Waals surface area contributed by atoms with Gasteiger partial charge in [-0.25, -0.2) is 4.79 Å². The monoisotopic (exact) mass is 245 g/mol. The lowest BCUT2D eigenvalue weighted by Gasteiger charge is -1.96. The minimum Gasteiger partial charge on any atom is -0.437 e. The van der Waals surface area contributed by atoms with Gasteiger partial charge in [0.05, 0.1) is 23.0 Å². The molecule has 0 unspecified atom stereocenters. The average Bonchev–Trinajstić information content (AvgIpc) is 2.61. The van der Waals surface area contributed by atoms with Gasteiger partial charge in [-0.3, -0.25) is 10.1 Å². The smallest absolute Gasteiger partial charge is 0.437 e. The van der Waals surface area contributed by atoms with E-state index < -0.39 is 11.1 Å². The van der Waals surface area contributed by atoms with Gasteiger partial charge in [0.2, 0.25) is 0 Å². The van der Waals surface area contributed by atoms with Gasteiger partial charge < -0.3 is 9.47 Å². The van der Waals surface area contributed by atoms with Gasteiger partial charge in [0.1, 0.15) is 0 Å². The molecule has 1 aromatic rings. The van der Waals surface area contributed by atoms with Crippen molar-refractivity contribution in [2.24, 2.45) is 0 Å². The van der Waals surface area contributed by atoms with E-state index in [1.165, 1.54) is 13.2 Å². The summed E-state index contributed by atoms with van der Waals surface area (Å²) in [7, 11) is 1.18. The molecule has 0 aliphatic heterocycles. The van der Waals surface area contributed by atoms with Gasteiger partial charge in [-0.05, 0) is 6.42 Å². The van der Waals surface area contributed by atoms with E-state index in [0.29, 0.717) is 11.3 Å². The van der Waals surface area contributed by atoms with E-state index in [9.17, 15) is 14.9 Å². The molecule has 0 N–H and O–H groups in total. The highest BCUT2D eigenvalue weighted by Crippen LogP contribution is 2.35. The Kier molecular flexibility index (Phi) is 4.24. The first-order valence-electron chi connectivity index (χ1n) is 4.61. The van der Waals surface area contributed by atoms with Crippen molar-refractivity contribution in [1.82, 2.24) is 0 Å². The Morgan fingerprint density at radius 1 is 1.62 bits per heavy atom. The molecule has 0 fully saturated rings. The summed E-state index contributed by atoms with van der Waals surface area (Å²) in [4.78, 5) is 21.7. The SMILES string of the molecule is CCCc1sc(OC(=O)OC)cc1[N+](=O)[O-]. The molecule has 0 aliphatic rings. The number of rotatable bonds is 4. The summed E-state index contributed by atoms with van der Waals surface area (Å²) in [5.41, 5.74) is -0.00856. The van der Waals surface area contributed by atoms with E-state index in [1.807, 2.05) is 6.92 Å². The first-order chi connectivity index (χ1) is 7.58. The molecular weight excluding hydrogens is 234 g/mol. The molecule has 1 heterocycles. The fourth-order valence-corrected chi connectivity index (χ4v) is 2.20. The zero-order valence-corrected chi connectivity index (χ0v) is 9.70. The first-order valence-corrected chi connectivity index (χ1v) is 5.43.